The van der Waals surface area contributed by atoms with Gasteiger partial charge in [-0.25, -0.2) is 4.98 Å². The van der Waals surface area contributed by atoms with E-state index in [0.29, 0.717) is 5.69 Å². The van der Waals surface area contributed by atoms with Gasteiger partial charge in [0.25, 0.3) is 0 Å². The molecule has 0 fully saturated rings. The van der Waals surface area contributed by atoms with Gasteiger partial charge in [-0.3, -0.25) is 9.20 Å². The molecule has 0 N–H and O–H groups in total. The average molecular weight is 224 g/mol. The third kappa shape index (κ3) is 1.43. The first-order valence-electron chi connectivity index (χ1n) is 5.55. The number of Topliss-reactive ketones (excluding diaryl/α,β-unsaturated/α-hetero) is 1. The van der Waals surface area contributed by atoms with E-state index >= 15 is 0 Å². The Morgan fingerprint density at radius 2 is 2.06 bits per heavy atom. The third-order valence-electron chi connectivity index (χ3n) is 3.02. The number of benzene rings is 1. The zero-order chi connectivity index (χ0) is 12.0. The predicted octanol–water partition coefficient (Wildman–Crippen LogP) is 3.00. The van der Waals surface area contributed by atoms with Crippen molar-refractivity contribution in [2.24, 2.45) is 0 Å². The lowest BCUT2D eigenvalue weighted by Gasteiger charge is -2.04. The fraction of sp³-hybridized carbons (Fsp3) is 0.143. The molecule has 0 saturated heterocycles. The molecule has 0 atom stereocenters. The summed E-state index contributed by atoms with van der Waals surface area (Å²) in [5.41, 5.74) is 3.63. The molecule has 3 heteroatoms. The largest absolute Gasteiger partial charge is 0.299 e. The summed E-state index contributed by atoms with van der Waals surface area (Å²) in [6, 6.07) is 10.1. The summed E-state index contributed by atoms with van der Waals surface area (Å²) in [7, 11) is 0. The van der Waals surface area contributed by atoms with Crippen LogP contribution in [0, 0.1) is 6.92 Å². The lowest BCUT2D eigenvalue weighted by Crippen LogP contribution is -1.90. The van der Waals surface area contributed by atoms with E-state index in [-0.39, 0.29) is 5.78 Å². The van der Waals surface area contributed by atoms with Gasteiger partial charge < -0.3 is 0 Å². The number of ketones is 1. The molecule has 1 aromatic carbocycles. The van der Waals surface area contributed by atoms with Crippen LogP contribution in [0.3, 0.4) is 0 Å². The minimum absolute atomic E-state index is 0.00423. The molecule has 3 rings (SSSR count). The molecule has 2 aromatic heterocycles. The van der Waals surface area contributed by atoms with Gasteiger partial charge in [-0.05, 0) is 30.0 Å². The second-order valence-electron chi connectivity index (χ2n) is 4.26. The molecule has 0 bridgehead atoms. The highest BCUT2D eigenvalue weighted by Gasteiger charge is 2.08. The monoisotopic (exact) mass is 224 g/mol. The highest BCUT2D eigenvalue weighted by Crippen LogP contribution is 2.20. The Labute approximate surface area is 98.7 Å². The molecular formula is C14H12N2O. The lowest BCUT2D eigenvalue weighted by molar-refractivity contribution is 0.101. The van der Waals surface area contributed by atoms with Crippen molar-refractivity contribution < 1.29 is 4.79 Å². The Kier molecular flexibility index (Phi) is 2.01. The van der Waals surface area contributed by atoms with E-state index in [1.54, 1.807) is 0 Å². The van der Waals surface area contributed by atoms with Crippen LogP contribution in [0.5, 0.6) is 0 Å². The van der Waals surface area contributed by atoms with Gasteiger partial charge in [0.2, 0.25) is 0 Å². The number of para-hydroxylation sites is 1. The molecule has 3 nitrogen and oxygen atoms in total. The molecule has 0 unspecified atom stereocenters. The van der Waals surface area contributed by atoms with E-state index in [0.717, 1.165) is 16.6 Å². The number of aryl methyl sites for hydroxylation is 1. The highest BCUT2D eigenvalue weighted by atomic mass is 16.1. The van der Waals surface area contributed by atoms with Gasteiger partial charge >= 0.3 is 0 Å². The van der Waals surface area contributed by atoms with Crippen LogP contribution in [-0.4, -0.2) is 15.2 Å². The highest BCUT2D eigenvalue weighted by molar-refractivity contribution is 5.94. The number of carbonyl (C=O) groups excluding carboxylic acids is 1. The molecule has 0 aliphatic rings. The van der Waals surface area contributed by atoms with Gasteiger partial charge in [-0.2, -0.15) is 0 Å². The second-order valence-corrected chi connectivity index (χ2v) is 4.26. The third-order valence-corrected chi connectivity index (χ3v) is 3.02. The number of pyridine rings is 1. The summed E-state index contributed by atoms with van der Waals surface area (Å²) in [6.07, 6.45) is 1.81. The Hall–Kier alpha value is -2.16. The fourth-order valence-electron chi connectivity index (χ4n) is 2.17. The van der Waals surface area contributed by atoms with Crippen LogP contribution in [0.25, 0.3) is 16.6 Å². The summed E-state index contributed by atoms with van der Waals surface area (Å²) < 4.78 is 1.99. The van der Waals surface area contributed by atoms with Gasteiger partial charge in [-0.1, -0.05) is 18.2 Å². The number of rotatable bonds is 1. The molecule has 0 radical (unpaired) electrons. The van der Waals surface area contributed by atoms with Gasteiger partial charge in [0, 0.05) is 13.1 Å². The predicted molar refractivity (Wildman–Crippen MR) is 67.4 cm³/mol. The number of hydrogen-bond acceptors (Lipinski definition) is 2. The minimum atomic E-state index is -0.00423. The number of carbonyl (C=O) groups is 1. The van der Waals surface area contributed by atoms with E-state index in [4.69, 9.17) is 0 Å². The first-order valence-corrected chi connectivity index (χ1v) is 5.55. The number of imidazole rings is 1. The fourth-order valence-corrected chi connectivity index (χ4v) is 2.17. The van der Waals surface area contributed by atoms with Crippen molar-refractivity contribution in [1.29, 1.82) is 0 Å². The van der Waals surface area contributed by atoms with Crippen LogP contribution in [0.2, 0.25) is 0 Å². The normalized spacial score (nSPS) is 11.2. The van der Waals surface area contributed by atoms with E-state index in [2.05, 4.69) is 24.0 Å². The minimum Gasteiger partial charge on any atom is -0.299 e. The summed E-state index contributed by atoms with van der Waals surface area (Å²) in [6.45, 7) is 3.60. The average Bonchev–Trinajstić information content (AvgIpc) is 2.73. The molecular weight excluding hydrogens is 212 g/mol. The van der Waals surface area contributed by atoms with Crippen LogP contribution >= 0.6 is 0 Å². The molecule has 0 aliphatic heterocycles. The maximum atomic E-state index is 11.4. The summed E-state index contributed by atoms with van der Waals surface area (Å²) >= 11 is 0. The standard InChI is InChI=1S/C14H12N2O/c1-9-4-3-5-11-6-7-13-15-12(10(2)17)8-16(13)14(9)11/h3-8H,1-2H3. The molecule has 0 saturated carbocycles. The van der Waals surface area contributed by atoms with Crippen LogP contribution in [-0.2, 0) is 0 Å². The topological polar surface area (TPSA) is 34.4 Å². The number of aromatic nitrogens is 2. The van der Waals surface area contributed by atoms with Crippen molar-refractivity contribution in [2.45, 2.75) is 13.8 Å². The van der Waals surface area contributed by atoms with Gasteiger partial charge in [-0.15, -0.1) is 0 Å². The van der Waals surface area contributed by atoms with Crippen molar-refractivity contribution in [3.8, 4) is 0 Å². The molecule has 3 aromatic rings. The number of fused-ring (bicyclic) bond motifs is 3. The van der Waals surface area contributed by atoms with E-state index < -0.39 is 0 Å². The molecule has 0 amide bonds. The van der Waals surface area contributed by atoms with Crippen molar-refractivity contribution in [1.82, 2.24) is 9.38 Å². The van der Waals surface area contributed by atoms with Crippen LogP contribution < -0.4 is 0 Å². The zero-order valence-corrected chi connectivity index (χ0v) is 9.77. The second kappa shape index (κ2) is 3.42. The van der Waals surface area contributed by atoms with Gasteiger partial charge in [0.15, 0.2) is 5.78 Å². The molecule has 0 aliphatic carbocycles. The Balaban J connectivity index is 2.50. The SMILES string of the molecule is CC(=O)c1cn2c(ccc3cccc(C)c32)n1. The van der Waals surface area contributed by atoms with E-state index in [1.807, 2.05) is 28.8 Å². The summed E-state index contributed by atoms with van der Waals surface area (Å²) in [5.74, 6) is -0.00423. The smallest absolute Gasteiger partial charge is 0.179 e. The maximum Gasteiger partial charge on any atom is 0.179 e. The van der Waals surface area contributed by atoms with Crippen LogP contribution in [0.4, 0.5) is 0 Å². The van der Waals surface area contributed by atoms with Gasteiger partial charge in [0.05, 0.1) is 5.52 Å². The first-order chi connectivity index (χ1) is 8.16. The Morgan fingerprint density at radius 1 is 1.24 bits per heavy atom. The van der Waals surface area contributed by atoms with Crippen molar-refractivity contribution in [3.63, 3.8) is 0 Å². The van der Waals surface area contributed by atoms with Crippen molar-refractivity contribution in [2.75, 3.05) is 0 Å². The number of nitrogens with zero attached hydrogens (tertiary/aromatic N) is 2. The molecule has 2 heterocycles. The maximum absolute atomic E-state index is 11.4. The zero-order valence-electron chi connectivity index (χ0n) is 9.77. The Bertz CT molecular complexity index is 740. The van der Waals surface area contributed by atoms with Crippen molar-refractivity contribution >= 4 is 22.3 Å². The molecule has 17 heavy (non-hydrogen) atoms. The van der Waals surface area contributed by atoms with Crippen molar-refractivity contribution in [3.05, 3.63) is 47.8 Å². The van der Waals surface area contributed by atoms with E-state index in [9.17, 15) is 4.79 Å². The molecule has 84 valence electrons. The van der Waals surface area contributed by atoms with Crippen LogP contribution in [0.15, 0.2) is 36.5 Å². The molecule has 0 spiro atoms. The summed E-state index contributed by atoms with van der Waals surface area (Å²) in [5, 5.41) is 1.16. The summed E-state index contributed by atoms with van der Waals surface area (Å²) in [4.78, 5) is 15.7. The first kappa shape index (κ1) is 10.0. The quantitative estimate of drug-likeness (QED) is 0.595. The lowest BCUT2D eigenvalue weighted by atomic mass is 10.1. The van der Waals surface area contributed by atoms with Crippen LogP contribution in [0.1, 0.15) is 23.0 Å². The van der Waals surface area contributed by atoms with Gasteiger partial charge in [0.1, 0.15) is 11.3 Å². The van der Waals surface area contributed by atoms with E-state index in [1.165, 1.54) is 12.5 Å². The number of hydrogen-bond donors (Lipinski definition) is 0. The Morgan fingerprint density at radius 3 is 2.82 bits per heavy atom.